The van der Waals surface area contributed by atoms with Crippen molar-refractivity contribution in [3.8, 4) is 0 Å². The van der Waals surface area contributed by atoms with Gasteiger partial charge in [-0.1, -0.05) is 5.57 Å². The third-order valence-electron chi connectivity index (χ3n) is 2.49. The van der Waals surface area contributed by atoms with E-state index in [1.807, 2.05) is 13.8 Å². The van der Waals surface area contributed by atoms with Crippen LogP contribution in [0.4, 0.5) is 0 Å². The zero-order valence-electron chi connectivity index (χ0n) is 9.19. The molecule has 1 aliphatic rings. The second-order valence-corrected chi connectivity index (χ2v) is 4.18. The lowest BCUT2D eigenvalue weighted by Gasteiger charge is -2.29. The molecule has 0 radical (unpaired) electrons. The quantitative estimate of drug-likeness (QED) is 0.700. The molecular formula is C11H17NO3. The van der Waals surface area contributed by atoms with Gasteiger partial charge in [-0.2, -0.15) is 0 Å². The van der Waals surface area contributed by atoms with Gasteiger partial charge in [0, 0.05) is 19.2 Å². The second kappa shape index (κ2) is 4.96. The van der Waals surface area contributed by atoms with Crippen LogP contribution >= 0.6 is 0 Å². The van der Waals surface area contributed by atoms with Gasteiger partial charge in [-0.05, 0) is 26.7 Å². The van der Waals surface area contributed by atoms with E-state index < -0.39 is 11.9 Å². The number of carbonyl (C=O) groups is 2. The first-order valence-corrected chi connectivity index (χ1v) is 5.17. The van der Waals surface area contributed by atoms with Crippen molar-refractivity contribution in [2.75, 3.05) is 13.1 Å². The molecule has 0 aromatic rings. The minimum Gasteiger partial charge on any atom is -0.481 e. The number of likely N-dealkylation sites (tertiary alicyclic amines) is 1. The third kappa shape index (κ3) is 3.38. The number of nitrogens with zero attached hydrogens (tertiary/aromatic N) is 1. The fourth-order valence-electron chi connectivity index (χ4n) is 1.72. The minimum atomic E-state index is -0.801. The molecule has 1 aliphatic heterocycles. The van der Waals surface area contributed by atoms with E-state index in [4.69, 9.17) is 5.11 Å². The average Bonchev–Trinajstić information content (AvgIpc) is 2.17. The number of amides is 1. The summed E-state index contributed by atoms with van der Waals surface area (Å²) in [5, 5.41) is 8.87. The number of rotatable bonds is 2. The Kier molecular flexibility index (Phi) is 3.88. The summed E-state index contributed by atoms with van der Waals surface area (Å²) in [4.78, 5) is 24.0. The van der Waals surface area contributed by atoms with Crippen LogP contribution in [0.5, 0.6) is 0 Å². The van der Waals surface area contributed by atoms with Crippen LogP contribution in [0.1, 0.15) is 26.7 Å². The van der Waals surface area contributed by atoms with Gasteiger partial charge in [-0.25, -0.2) is 0 Å². The van der Waals surface area contributed by atoms with E-state index in [0.29, 0.717) is 19.5 Å². The summed E-state index contributed by atoms with van der Waals surface area (Å²) >= 11 is 0. The van der Waals surface area contributed by atoms with Gasteiger partial charge in [0.25, 0.3) is 0 Å². The maximum absolute atomic E-state index is 11.6. The van der Waals surface area contributed by atoms with Crippen molar-refractivity contribution >= 4 is 11.9 Å². The summed E-state index contributed by atoms with van der Waals surface area (Å²) in [6, 6.07) is 0. The summed E-state index contributed by atoms with van der Waals surface area (Å²) in [5.41, 5.74) is 0.942. The first-order chi connectivity index (χ1) is 7.00. The SMILES string of the molecule is CC(C)=CC(=O)N1CCC[C@H](C(=O)O)C1. The number of carbonyl (C=O) groups excluding carboxylic acids is 1. The zero-order valence-corrected chi connectivity index (χ0v) is 9.19. The highest BCUT2D eigenvalue weighted by Crippen LogP contribution is 2.17. The van der Waals surface area contributed by atoms with E-state index in [9.17, 15) is 9.59 Å². The predicted molar refractivity (Wildman–Crippen MR) is 56.4 cm³/mol. The van der Waals surface area contributed by atoms with Crippen LogP contribution in [0.25, 0.3) is 0 Å². The number of carboxylic acids is 1. The van der Waals surface area contributed by atoms with Crippen molar-refractivity contribution in [3.05, 3.63) is 11.6 Å². The monoisotopic (exact) mass is 211 g/mol. The molecule has 84 valence electrons. The Morgan fingerprint density at radius 3 is 2.60 bits per heavy atom. The third-order valence-corrected chi connectivity index (χ3v) is 2.49. The Bertz CT molecular complexity index is 292. The molecule has 1 rings (SSSR count). The summed E-state index contributed by atoms with van der Waals surface area (Å²) in [5.74, 6) is -1.26. The van der Waals surface area contributed by atoms with Crippen molar-refractivity contribution in [2.24, 2.45) is 5.92 Å². The van der Waals surface area contributed by atoms with Crippen LogP contribution in [-0.2, 0) is 9.59 Å². The maximum Gasteiger partial charge on any atom is 0.308 e. The molecule has 1 amide bonds. The smallest absolute Gasteiger partial charge is 0.308 e. The molecule has 4 nitrogen and oxygen atoms in total. The van der Waals surface area contributed by atoms with Crippen molar-refractivity contribution < 1.29 is 14.7 Å². The van der Waals surface area contributed by atoms with Gasteiger partial charge in [0.15, 0.2) is 0 Å². The highest BCUT2D eigenvalue weighted by molar-refractivity contribution is 5.88. The van der Waals surface area contributed by atoms with Gasteiger partial charge < -0.3 is 10.0 Å². The van der Waals surface area contributed by atoms with E-state index >= 15 is 0 Å². The number of hydrogen-bond donors (Lipinski definition) is 1. The summed E-state index contributed by atoms with van der Waals surface area (Å²) in [6.07, 6.45) is 3.01. The molecule has 0 aromatic carbocycles. The Labute approximate surface area is 89.6 Å². The van der Waals surface area contributed by atoms with Gasteiger partial charge in [0.05, 0.1) is 5.92 Å². The normalized spacial score (nSPS) is 20.9. The number of aliphatic carboxylic acids is 1. The molecule has 0 spiro atoms. The largest absolute Gasteiger partial charge is 0.481 e. The average molecular weight is 211 g/mol. The van der Waals surface area contributed by atoms with E-state index in [0.717, 1.165) is 12.0 Å². The van der Waals surface area contributed by atoms with E-state index in [2.05, 4.69) is 0 Å². The molecule has 1 heterocycles. The Morgan fingerprint density at radius 1 is 1.40 bits per heavy atom. The number of piperidine rings is 1. The summed E-state index contributed by atoms with van der Waals surface area (Å²) in [6.45, 7) is 4.73. The lowest BCUT2D eigenvalue weighted by molar-refractivity contribution is -0.144. The first-order valence-electron chi connectivity index (χ1n) is 5.17. The van der Waals surface area contributed by atoms with Crippen molar-refractivity contribution in [1.29, 1.82) is 0 Å². The predicted octanol–water partition coefficient (Wildman–Crippen LogP) is 1.28. The van der Waals surface area contributed by atoms with Gasteiger partial charge >= 0.3 is 5.97 Å². The van der Waals surface area contributed by atoms with E-state index in [-0.39, 0.29) is 5.91 Å². The molecular weight excluding hydrogens is 194 g/mol. The summed E-state index contributed by atoms with van der Waals surface area (Å²) < 4.78 is 0. The molecule has 0 unspecified atom stereocenters. The number of carboxylic acid groups (broad SMARTS) is 1. The highest BCUT2D eigenvalue weighted by atomic mass is 16.4. The van der Waals surface area contributed by atoms with Gasteiger partial charge in [-0.15, -0.1) is 0 Å². The fourth-order valence-corrected chi connectivity index (χ4v) is 1.72. The van der Waals surface area contributed by atoms with Crippen LogP contribution in [0.2, 0.25) is 0 Å². The van der Waals surface area contributed by atoms with Gasteiger partial charge in [0.2, 0.25) is 5.91 Å². The standard InChI is InChI=1S/C11H17NO3/c1-8(2)6-10(13)12-5-3-4-9(7-12)11(14)15/h6,9H,3-5,7H2,1-2H3,(H,14,15)/t9-/m0/s1. The molecule has 4 heteroatoms. The molecule has 0 saturated carbocycles. The molecule has 1 fully saturated rings. The van der Waals surface area contributed by atoms with Crippen LogP contribution in [-0.4, -0.2) is 35.0 Å². The Morgan fingerprint density at radius 2 is 2.07 bits per heavy atom. The molecule has 1 N–H and O–H groups in total. The molecule has 0 aliphatic carbocycles. The Balaban J connectivity index is 2.60. The molecule has 15 heavy (non-hydrogen) atoms. The molecule has 1 atom stereocenters. The minimum absolute atomic E-state index is 0.0686. The van der Waals surface area contributed by atoms with E-state index in [1.165, 1.54) is 0 Å². The fraction of sp³-hybridized carbons (Fsp3) is 0.636. The topological polar surface area (TPSA) is 57.6 Å². The number of hydrogen-bond acceptors (Lipinski definition) is 2. The van der Waals surface area contributed by atoms with E-state index in [1.54, 1.807) is 11.0 Å². The van der Waals surface area contributed by atoms with Gasteiger partial charge in [0.1, 0.15) is 0 Å². The maximum atomic E-state index is 11.6. The second-order valence-electron chi connectivity index (χ2n) is 4.18. The lowest BCUT2D eigenvalue weighted by Crippen LogP contribution is -2.41. The molecule has 0 bridgehead atoms. The summed E-state index contributed by atoms with van der Waals surface area (Å²) in [7, 11) is 0. The number of allylic oxidation sites excluding steroid dienone is 1. The van der Waals surface area contributed by atoms with Crippen LogP contribution in [0.3, 0.4) is 0 Å². The highest BCUT2D eigenvalue weighted by Gasteiger charge is 2.27. The van der Waals surface area contributed by atoms with Crippen LogP contribution < -0.4 is 0 Å². The molecule has 0 aromatic heterocycles. The zero-order chi connectivity index (χ0) is 11.4. The van der Waals surface area contributed by atoms with Crippen LogP contribution in [0.15, 0.2) is 11.6 Å². The molecule has 1 saturated heterocycles. The Hall–Kier alpha value is -1.32. The van der Waals surface area contributed by atoms with Crippen molar-refractivity contribution in [1.82, 2.24) is 4.90 Å². The first kappa shape index (κ1) is 11.8. The van der Waals surface area contributed by atoms with Gasteiger partial charge in [-0.3, -0.25) is 9.59 Å². The van der Waals surface area contributed by atoms with Crippen LogP contribution in [0, 0.1) is 5.92 Å². The van der Waals surface area contributed by atoms with Crippen molar-refractivity contribution in [2.45, 2.75) is 26.7 Å². The lowest BCUT2D eigenvalue weighted by atomic mass is 9.98. The van der Waals surface area contributed by atoms with Crippen molar-refractivity contribution in [3.63, 3.8) is 0 Å².